The van der Waals surface area contributed by atoms with E-state index in [0.717, 1.165) is 0 Å². The largest absolute Gasteiger partial charge is 0.328 e. The molecule has 1 rings (SSSR count). The highest BCUT2D eigenvalue weighted by molar-refractivity contribution is 4.74. The molecule has 0 amide bonds. The van der Waals surface area contributed by atoms with E-state index in [4.69, 9.17) is 0 Å². The van der Waals surface area contributed by atoms with Crippen molar-refractivity contribution in [2.75, 3.05) is 14.1 Å². The highest BCUT2D eigenvalue weighted by Crippen LogP contribution is 1.89. The fourth-order valence-electron chi connectivity index (χ4n) is 0.514. The third kappa shape index (κ3) is 1.81. The van der Waals surface area contributed by atoms with Gasteiger partial charge in [0.2, 0.25) is 0 Å². The van der Waals surface area contributed by atoms with E-state index in [1.807, 2.05) is 19.0 Å². The Morgan fingerprint density at radius 1 is 1.67 bits per heavy atom. The molecule has 0 aliphatic carbocycles. The average molecular weight is 126 g/mol. The molecule has 0 N–H and O–H groups in total. The summed E-state index contributed by atoms with van der Waals surface area (Å²) in [6.45, 7) is 0.701. The molecule has 4 nitrogen and oxygen atoms in total. The zero-order valence-corrected chi connectivity index (χ0v) is 5.46. The molecule has 4 heteroatoms. The van der Waals surface area contributed by atoms with Gasteiger partial charge in [0.05, 0.1) is 6.54 Å². The molecule has 1 aromatic rings. The lowest BCUT2D eigenvalue weighted by molar-refractivity contribution is 0.360. The number of rotatable bonds is 2. The van der Waals surface area contributed by atoms with Gasteiger partial charge in [0.25, 0.3) is 0 Å². The SMILES string of the molecule is CN(C)Cc1n[c]on1. The minimum absolute atomic E-state index is 0.667. The first kappa shape index (κ1) is 6.22. The van der Waals surface area contributed by atoms with Crippen molar-refractivity contribution in [1.29, 1.82) is 0 Å². The zero-order chi connectivity index (χ0) is 6.69. The topological polar surface area (TPSA) is 42.2 Å². The van der Waals surface area contributed by atoms with Crippen LogP contribution in [0.3, 0.4) is 0 Å². The fraction of sp³-hybridized carbons (Fsp3) is 0.600. The third-order valence-corrected chi connectivity index (χ3v) is 0.824. The molecule has 0 saturated heterocycles. The Bertz CT molecular complexity index is 159. The minimum Gasteiger partial charge on any atom is -0.328 e. The lowest BCUT2D eigenvalue weighted by Crippen LogP contribution is -2.11. The Kier molecular flexibility index (Phi) is 1.79. The van der Waals surface area contributed by atoms with E-state index in [1.54, 1.807) is 0 Å². The Morgan fingerprint density at radius 3 is 2.89 bits per heavy atom. The van der Waals surface area contributed by atoms with Gasteiger partial charge in [-0.3, -0.25) is 0 Å². The summed E-state index contributed by atoms with van der Waals surface area (Å²) in [5, 5.41) is 3.57. The van der Waals surface area contributed by atoms with Gasteiger partial charge >= 0.3 is 6.39 Å². The summed E-state index contributed by atoms with van der Waals surface area (Å²) in [4.78, 5) is 5.67. The highest BCUT2D eigenvalue weighted by atomic mass is 16.5. The van der Waals surface area contributed by atoms with E-state index < -0.39 is 0 Å². The Labute approximate surface area is 53.5 Å². The van der Waals surface area contributed by atoms with Crippen molar-refractivity contribution in [1.82, 2.24) is 15.0 Å². The van der Waals surface area contributed by atoms with Gasteiger partial charge in [0.1, 0.15) is 0 Å². The molecule has 0 aliphatic rings. The van der Waals surface area contributed by atoms with Gasteiger partial charge in [-0.05, 0) is 14.1 Å². The van der Waals surface area contributed by atoms with Gasteiger partial charge < -0.3 is 9.42 Å². The van der Waals surface area contributed by atoms with E-state index in [1.165, 1.54) is 0 Å². The van der Waals surface area contributed by atoms with E-state index in [0.29, 0.717) is 12.4 Å². The zero-order valence-electron chi connectivity index (χ0n) is 5.46. The van der Waals surface area contributed by atoms with E-state index >= 15 is 0 Å². The summed E-state index contributed by atoms with van der Waals surface area (Å²) in [6.07, 6.45) is 2.27. The summed E-state index contributed by atoms with van der Waals surface area (Å²) in [7, 11) is 3.88. The lowest BCUT2D eigenvalue weighted by Gasteiger charge is -2.02. The molecule has 1 aromatic heterocycles. The van der Waals surface area contributed by atoms with Crippen molar-refractivity contribution in [2.24, 2.45) is 0 Å². The van der Waals surface area contributed by atoms with Gasteiger partial charge in [-0.25, -0.2) is 0 Å². The maximum absolute atomic E-state index is 4.40. The average Bonchev–Trinajstić information content (AvgIpc) is 2.15. The maximum Gasteiger partial charge on any atom is 0.316 e. The summed E-state index contributed by atoms with van der Waals surface area (Å²) < 4.78 is 4.40. The molecule has 0 unspecified atom stereocenters. The van der Waals surface area contributed by atoms with Crippen LogP contribution in [0.25, 0.3) is 0 Å². The van der Waals surface area contributed by atoms with Gasteiger partial charge in [-0.1, -0.05) is 5.16 Å². The second-order valence-electron chi connectivity index (χ2n) is 2.04. The molecular formula is C5H8N3O. The standard InChI is InChI=1S/C5H8N3O/c1-8(2)3-5-6-4-9-7-5/h3H2,1-2H3. The van der Waals surface area contributed by atoms with Crippen molar-refractivity contribution in [2.45, 2.75) is 6.54 Å². The molecule has 9 heavy (non-hydrogen) atoms. The Balaban J connectivity index is 2.48. The van der Waals surface area contributed by atoms with Gasteiger partial charge in [0.15, 0.2) is 5.82 Å². The predicted octanol–water partition coefficient (Wildman–Crippen LogP) is -0.0686. The van der Waals surface area contributed by atoms with Gasteiger partial charge in [-0.2, -0.15) is 4.98 Å². The lowest BCUT2D eigenvalue weighted by atomic mass is 10.6. The van der Waals surface area contributed by atoms with Crippen molar-refractivity contribution >= 4 is 0 Å². The number of hydrogen-bond acceptors (Lipinski definition) is 4. The third-order valence-electron chi connectivity index (χ3n) is 0.824. The first-order valence-electron chi connectivity index (χ1n) is 2.62. The minimum atomic E-state index is 0.667. The van der Waals surface area contributed by atoms with Crippen LogP contribution in [0.5, 0.6) is 0 Å². The molecule has 0 spiro atoms. The molecule has 1 heterocycles. The maximum atomic E-state index is 4.40. The van der Waals surface area contributed by atoms with E-state index in [9.17, 15) is 0 Å². The molecule has 0 fully saturated rings. The molecule has 0 atom stereocenters. The van der Waals surface area contributed by atoms with Crippen LogP contribution in [0.1, 0.15) is 5.82 Å². The number of nitrogens with zero attached hydrogens (tertiary/aromatic N) is 3. The molecule has 0 bridgehead atoms. The van der Waals surface area contributed by atoms with Crippen molar-refractivity contribution < 1.29 is 4.52 Å². The van der Waals surface area contributed by atoms with Crippen molar-refractivity contribution in [3.8, 4) is 0 Å². The quantitative estimate of drug-likeness (QED) is 0.556. The molecule has 0 aliphatic heterocycles. The Morgan fingerprint density at radius 2 is 2.44 bits per heavy atom. The summed E-state index contributed by atoms with van der Waals surface area (Å²) >= 11 is 0. The van der Waals surface area contributed by atoms with Crippen molar-refractivity contribution in [3.05, 3.63) is 12.2 Å². The van der Waals surface area contributed by atoms with Crippen LogP contribution in [0, 0.1) is 6.39 Å². The normalized spacial score (nSPS) is 10.6. The monoisotopic (exact) mass is 126 g/mol. The molecular weight excluding hydrogens is 118 g/mol. The summed E-state index contributed by atoms with van der Waals surface area (Å²) in [6, 6.07) is 0. The van der Waals surface area contributed by atoms with Crippen LogP contribution in [0.4, 0.5) is 0 Å². The van der Waals surface area contributed by atoms with Crippen LogP contribution in [-0.2, 0) is 6.54 Å². The van der Waals surface area contributed by atoms with Gasteiger partial charge in [-0.15, -0.1) is 0 Å². The van der Waals surface area contributed by atoms with Crippen LogP contribution in [0.15, 0.2) is 4.52 Å². The van der Waals surface area contributed by atoms with E-state index in [2.05, 4.69) is 21.1 Å². The molecule has 0 aromatic carbocycles. The van der Waals surface area contributed by atoms with Crippen LogP contribution >= 0.6 is 0 Å². The Hall–Kier alpha value is -0.900. The second-order valence-corrected chi connectivity index (χ2v) is 2.04. The van der Waals surface area contributed by atoms with Crippen LogP contribution in [0.2, 0.25) is 0 Å². The molecule has 0 saturated carbocycles. The second kappa shape index (κ2) is 2.59. The van der Waals surface area contributed by atoms with Crippen LogP contribution in [-0.4, -0.2) is 29.1 Å². The van der Waals surface area contributed by atoms with Crippen LogP contribution < -0.4 is 0 Å². The fourth-order valence-corrected chi connectivity index (χ4v) is 0.514. The number of hydrogen-bond donors (Lipinski definition) is 0. The van der Waals surface area contributed by atoms with Crippen molar-refractivity contribution in [3.63, 3.8) is 0 Å². The predicted molar refractivity (Wildman–Crippen MR) is 30.5 cm³/mol. The number of aromatic nitrogens is 2. The smallest absolute Gasteiger partial charge is 0.316 e. The molecule has 49 valence electrons. The summed E-state index contributed by atoms with van der Waals surface area (Å²) in [5.74, 6) is 0.667. The van der Waals surface area contributed by atoms with E-state index in [-0.39, 0.29) is 0 Å². The van der Waals surface area contributed by atoms with Gasteiger partial charge in [0, 0.05) is 0 Å². The molecule has 1 radical (unpaired) electrons. The first-order valence-corrected chi connectivity index (χ1v) is 2.62. The summed E-state index contributed by atoms with van der Waals surface area (Å²) in [5.41, 5.74) is 0. The highest BCUT2D eigenvalue weighted by Gasteiger charge is 1.97. The first-order chi connectivity index (χ1) is 4.29.